The van der Waals surface area contributed by atoms with E-state index in [9.17, 15) is 0 Å². The molecule has 0 aromatic carbocycles. The Bertz CT molecular complexity index is 501. The maximum atomic E-state index is 5.14. The lowest BCUT2D eigenvalue weighted by Crippen LogP contribution is -2.43. The SMILES string of the molecule is CCNC(=NCc1ccnc(OC)c1)NCC1(C)CCCS1. The standard InChI is InChI=1S/C16H26N4OS/c1-4-17-15(20-12-16(2)7-5-9-22-16)19-11-13-6-8-18-14(10-13)21-3/h6,8,10H,4-5,7,9,11-12H2,1-3H3,(H2,17,19,20). The van der Waals surface area contributed by atoms with Crippen molar-refractivity contribution in [2.24, 2.45) is 4.99 Å². The van der Waals surface area contributed by atoms with Crippen molar-refractivity contribution < 1.29 is 4.74 Å². The second-order valence-electron chi connectivity index (χ2n) is 5.66. The minimum atomic E-state index is 0.329. The lowest BCUT2D eigenvalue weighted by atomic mass is 10.1. The molecule has 1 aliphatic rings. The molecule has 0 amide bonds. The number of nitrogens with zero attached hydrogens (tertiary/aromatic N) is 2. The summed E-state index contributed by atoms with van der Waals surface area (Å²) < 4.78 is 5.47. The van der Waals surface area contributed by atoms with E-state index in [2.05, 4.69) is 46.2 Å². The fourth-order valence-corrected chi connectivity index (χ4v) is 3.66. The first-order valence-corrected chi connectivity index (χ1v) is 8.79. The van der Waals surface area contributed by atoms with Crippen molar-refractivity contribution in [3.63, 3.8) is 0 Å². The molecule has 2 N–H and O–H groups in total. The molecule has 0 bridgehead atoms. The van der Waals surface area contributed by atoms with Gasteiger partial charge in [-0.1, -0.05) is 0 Å². The van der Waals surface area contributed by atoms with Crippen molar-refractivity contribution in [2.75, 3.05) is 26.0 Å². The van der Waals surface area contributed by atoms with E-state index in [4.69, 9.17) is 4.74 Å². The molecule has 1 atom stereocenters. The zero-order chi connectivity index (χ0) is 15.8. The van der Waals surface area contributed by atoms with Gasteiger partial charge in [0.1, 0.15) is 0 Å². The predicted octanol–water partition coefficient (Wildman–Crippen LogP) is 2.43. The number of ether oxygens (including phenoxy) is 1. The Morgan fingerprint density at radius 2 is 2.36 bits per heavy atom. The summed E-state index contributed by atoms with van der Waals surface area (Å²) in [6.07, 6.45) is 4.33. The number of hydrogen-bond donors (Lipinski definition) is 2. The molecule has 1 aliphatic heterocycles. The van der Waals surface area contributed by atoms with Crippen molar-refractivity contribution in [1.29, 1.82) is 0 Å². The number of pyridine rings is 1. The Balaban J connectivity index is 1.93. The summed E-state index contributed by atoms with van der Waals surface area (Å²) in [7, 11) is 1.63. The number of aromatic nitrogens is 1. The molecule has 6 heteroatoms. The zero-order valence-electron chi connectivity index (χ0n) is 13.7. The van der Waals surface area contributed by atoms with Crippen LogP contribution in [0.4, 0.5) is 0 Å². The first-order chi connectivity index (χ1) is 10.6. The van der Waals surface area contributed by atoms with Crippen LogP contribution in [0.25, 0.3) is 0 Å². The van der Waals surface area contributed by atoms with E-state index in [0.29, 0.717) is 17.2 Å². The number of guanidine groups is 1. The maximum Gasteiger partial charge on any atom is 0.213 e. The number of nitrogens with one attached hydrogen (secondary N) is 2. The van der Waals surface area contributed by atoms with E-state index in [1.165, 1.54) is 18.6 Å². The van der Waals surface area contributed by atoms with Crippen LogP contribution >= 0.6 is 11.8 Å². The monoisotopic (exact) mass is 322 g/mol. The van der Waals surface area contributed by atoms with Crippen LogP contribution in [0.1, 0.15) is 32.3 Å². The number of rotatable bonds is 6. The second-order valence-corrected chi connectivity index (χ2v) is 7.34. The number of aliphatic imine (C=N–C) groups is 1. The molecule has 0 saturated carbocycles. The summed E-state index contributed by atoms with van der Waals surface area (Å²) in [5, 5.41) is 6.78. The summed E-state index contributed by atoms with van der Waals surface area (Å²) in [5.74, 6) is 2.76. The average Bonchev–Trinajstić information content (AvgIpc) is 2.97. The van der Waals surface area contributed by atoms with Crippen LogP contribution in [0.15, 0.2) is 23.3 Å². The third-order valence-corrected chi connectivity index (χ3v) is 5.24. The van der Waals surface area contributed by atoms with Gasteiger partial charge in [-0.15, -0.1) is 0 Å². The summed E-state index contributed by atoms with van der Waals surface area (Å²) in [4.78, 5) is 8.77. The summed E-state index contributed by atoms with van der Waals surface area (Å²) >= 11 is 2.05. The Hall–Kier alpha value is -1.43. The van der Waals surface area contributed by atoms with Gasteiger partial charge in [0.05, 0.1) is 13.7 Å². The second kappa shape index (κ2) is 8.27. The van der Waals surface area contributed by atoms with Gasteiger partial charge in [-0.3, -0.25) is 0 Å². The van der Waals surface area contributed by atoms with Gasteiger partial charge in [0.15, 0.2) is 5.96 Å². The van der Waals surface area contributed by atoms with E-state index < -0.39 is 0 Å². The topological polar surface area (TPSA) is 58.5 Å². The molecule has 0 radical (unpaired) electrons. The highest BCUT2D eigenvalue weighted by Gasteiger charge is 2.29. The minimum absolute atomic E-state index is 0.329. The Morgan fingerprint density at radius 3 is 3.05 bits per heavy atom. The lowest BCUT2D eigenvalue weighted by molar-refractivity contribution is 0.397. The van der Waals surface area contributed by atoms with Gasteiger partial charge in [0, 0.05) is 30.1 Å². The smallest absolute Gasteiger partial charge is 0.213 e. The molecule has 2 rings (SSSR count). The van der Waals surface area contributed by atoms with Crippen LogP contribution in [0.2, 0.25) is 0 Å². The Morgan fingerprint density at radius 1 is 1.50 bits per heavy atom. The molecule has 1 unspecified atom stereocenters. The fraction of sp³-hybridized carbons (Fsp3) is 0.625. The van der Waals surface area contributed by atoms with Crippen LogP contribution in [0.5, 0.6) is 5.88 Å². The summed E-state index contributed by atoms with van der Waals surface area (Å²) in [5.41, 5.74) is 1.09. The highest BCUT2D eigenvalue weighted by Crippen LogP contribution is 2.36. The summed E-state index contributed by atoms with van der Waals surface area (Å²) in [6.45, 7) is 6.82. The van der Waals surface area contributed by atoms with Gasteiger partial charge in [-0.2, -0.15) is 11.8 Å². The molecule has 122 valence electrons. The van der Waals surface area contributed by atoms with E-state index in [-0.39, 0.29) is 0 Å². The molecular formula is C16H26N4OS. The van der Waals surface area contributed by atoms with Gasteiger partial charge in [-0.05, 0) is 44.1 Å². The largest absolute Gasteiger partial charge is 0.481 e. The van der Waals surface area contributed by atoms with Gasteiger partial charge in [0.2, 0.25) is 5.88 Å². The highest BCUT2D eigenvalue weighted by atomic mass is 32.2. The molecule has 1 aromatic rings. The molecule has 2 heterocycles. The number of methoxy groups -OCH3 is 1. The first kappa shape index (κ1) is 16.9. The van der Waals surface area contributed by atoms with Crippen LogP contribution < -0.4 is 15.4 Å². The Labute approximate surface area is 137 Å². The zero-order valence-corrected chi connectivity index (χ0v) is 14.5. The number of thioether (sulfide) groups is 1. The van der Waals surface area contributed by atoms with Gasteiger partial charge < -0.3 is 15.4 Å². The fourth-order valence-electron chi connectivity index (χ4n) is 2.42. The van der Waals surface area contributed by atoms with Crippen molar-refractivity contribution in [2.45, 2.75) is 38.0 Å². The van der Waals surface area contributed by atoms with Crippen molar-refractivity contribution in [3.05, 3.63) is 23.9 Å². The van der Waals surface area contributed by atoms with Gasteiger partial charge in [0.25, 0.3) is 0 Å². The maximum absolute atomic E-state index is 5.14. The van der Waals surface area contributed by atoms with Crippen LogP contribution in [-0.4, -0.2) is 41.6 Å². The van der Waals surface area contributed by atoms with E-state index in [1.54, 1.807) is 13.3 Å². The number of hydrogen-bond acceptors (Lipinski definition) is 4. The first-order valence-electron chi connectivity index (χ1n) is 7.80. The quantitative estimate of drug-likeness (QED) is 0.622. The minimum Gasteiger partial charge on any atom is -0.481 e. The molecule has 5 nitrogen and oxygen atoms in total. The van der Waals surface area contributed by atoms with Crippen molar-refractivity contribution >= 4 is 17.7 Å². The molecule has 22 heavy (non-hydrogen) atoms. The summed E-state index contributed by atoms with van der Waals surface area (Å²) in [6, 6.07) is 3.88. The van der Waals surface area contributed by atoms with Crippen molar-refractivity contribution in [1.82, 2.24) is 15.6 Å². The third kappa shape index (κ3) is 5.09. The van der Waals surface area contributed by atoms with Crippen LogP contribution in [-0.2, 0) is 6.54 Å². The van der Waals surface area contributed by atoms with E-state index in [1.807, 2.05) is 12.1 Å². The molecule has 1 saturated heterocycles. The molecular weight excluding hydrogens is 296 g/mol. The molecule has 0 spiro atoms. The predicted molar refractivity (Wildman–Crippen MR) is 93.7 cm³/mol. The highest BCUT2D eigenvalue weighted by molar-refractivity contribution is 8.00. The lowest BCUT2D eigenvalue weighted by Gasteiger charge is -2.24. The van der Waals surface area contributed by atoms with E-state index >= 15 is 0 Å². The van der Waals surface area contributed by atoms with Gasteiger partial charge in [-0.25, -0.2) is 9.98 Å². The Kier molecular flexibility index (Phi) is 6.36. The molecule has 0 aliphatic carbocycles. The van der Waals surface area contributed by atoms with Crippen molar-refractivity contribution in [3.8, 4) is 5.88 Å². The third-order valence-electron chi connectivity index (χ3n) is 3.70. The van der Waals surface area contributed by atoms with Gasteiger partial charge >= 0.3 is 0 Å². The molecule has 1 fully saturated rings. The molecule has 1 aromatic heterocycles. The van der Waals surface area contributed by atoms with E-state index in [0.717, 1.165) is 24.6 Å². The van der Waals surface area contributed by atoms with Crippen LogP contribution in [0.3, 0.4) is 0 Å². The van der Waals surface area contributed by atoms with Crippen LogP contribution in [0, 0.1) is 0 Å². The normalized spacial score (nSPS) is 21.7. The average molecular weight is 322 g/mol.